The molecule has 0 bridgehead atoms. The first kappa shape index (κ1) is 32.0. The van der Waals surface area contributed by atoms with E-state index in [0.29, 0.717) is 0 Å². The first-order valence-electron chi connectivity index (χ1n) is 15.5. The molecule has 4 aromatic heterocycles. The van der Waals surface area contributed by atoms with Crippen LogP contribution in [-0.4, -0.2) is 15.0 Å². The van der Waals surface area contributed by atoms with Crippen molar-refractivity contribution < 1.29 is 24.5 Å². The van der Waals surface area contributed by atoms with Crippen molar-refractivity contribution in [1.29, 1.82) is 0 Å². The van der Waals surface area contributed by atoms with Crippen LogP contribution in [0, 0.1) is 39.8 Å². The van der Waals surface area contributed by atoms with E-state index in [4.69, 9.17) is 4.42 Å². The van der Waals surface area contributed by atoms with Crippen LogP contribution >= 0.6 is 0 Å². The fourth-order valence-electron chi connectivity index (χ4n) is 5.68. The van der Waals surface area contributed by atoms with Gasteiger partial charge < -0.3 is 9.40 Å². The van der Waals surface area contributed by atoms with Gasteiger partial charge in [-0.2, -0.15) is 0 Å². The van der Waals surface area contributed by atoms with Crippen molar-refractivity contribution in [3.63, 3.8) is 0 Å². The fourth-order valence-corrected chi connectivity index (χ4v) is 5.68. The second-order valence-corrected chi connectivity index (χ2v) is 11.8. The normalized spacial score (nSPS) is 10.9. The largest absolute Gasteiger partial charge is 0.506 e. The number of benzene rings is 4. The maximum absolute atomic E-state index is 5.65. The molecule has 5 heteroatoms. The molecule has 8 rings (SSSR count). The summed E-state index contributed by atoms with van der Waals surface area (Å²) < 4.78 is 5.65. The van der Waals surface area contributed by atoms with Crippen molar-refractivity contribution >= 4 is 32.6 Å². The number of aryl methyl sites for hydroxylation is 4. The molecule has 0 saturated heterocycles. The molecule has 0 unspecified atom stereocenters. The Hall–Kier alpha value is -4.96. The summed E-state index contributed by atoms with van der Waals surface area (Å²) in [5.74, 6) is 0. The summed E-state index contributed by atoms with van der Waals surface area (Å²) in [4.78, 5) is 13.6. The van der Waals surface area contributed by atoms with Gasteiger partial charge in [-0.25, -0.2) is 0 Å². The molecular weight excluding hydrogens is 755 g/mol. The smallest absolute Gasteiger partial charge is 0.0847 e. The Morgan fingerprint density at radius 1 is 0.660 bits per heavy atom. The number of hydrogen-bond acceptors (Lipinski definition) is 4. The van der Waals surface area contributed by atoms with Gasteiger partial charge in [-0.05, 0) is 59.5 Å². The summed E-state index contributed by atoms with van der Waals surface area (Å²) in [6, 6.07) is 38.3. The maximum atomic E-state index is 5.65. The van der Waals surface area contributed by atoms with Crippen LogP contribution in [-0.2, 0) is 26.5 Å². The summed E-state index contributed by atoms with van der Waals surface area (Å²) in [7, 11) is 0. The van der Waals surface area contributed by atoms with Gasteiger partial charge in [0.2, 0.25) is 0 Å². The Morgan fingerprint density at radius 2 is 1.47 bits per heavy atom. The number of rotatable bonds is 4. The van der Waals surface area contributed by atoms with E-state index in [-0.39, 0.29) is 20.1 Å². The molecule has 0 spiro atoms. The van der Waals surface area contributed by atoms with Crippen molar-refractivity contribution in [2.75, 3.05) is 0 Å². The number of furan rings is 1. The molecule has 4 nitrogen and oxygen atoms in total. The van der Waals surface area contributed by atoms with E-state index in [9.17, 15) is 0 Å². The predicted octanol–water partition coefficient (Wildman–Crippen LogP) is 10.4. The van der Waals surface area contributed by atoms with E-state index in [2.05, 4.69) is 122 Å². The molecule has 4 aromatic carbocycles. The van der Waals surface area contributed by atoms with Crippen LogP contribution in [0.5, 0.6) is 0 Å². The molecule has 8 aromatic rings. The topological polar surface area (TPSA) is 51.8 Å². The van der Waals surface area contributed by atoms with Gasteiger partial charge in [-0.1, -0.05) is 109 Å². The van der Waals surface area contributed by atoms with Crippen LogP contribution in [0.15, 0.2) is 120 Å². The van der Waals surface area contributed by atoms with Gasteiger partial charge >= 0.3 is 0 Å². The van der Waals surface area contributed by atoms with Gasteiger partial charge in [0.25, 0.3) is 0 Å². The first-order chi connectivity index (χ1) is 22.4. The molecular formula is C42H33IrN3O-2. The molecule has 4 heterocycles. The Labute approximate surface area is 288 Å². The van der Waals surface area contributed by atoms with Gasteiger partial charge in [0.05, 0.1) is 5.58 Å². The maximum Gasteiger partial charge on any atom is 0.0847 e. The van der Waals surface area contributed by atoms with Gasteiger partial charge in [-0.3, -0.25) is 9.97 Å². The van der Waals surface area contributed by atoms with Crippen LogP contribution in [0.4, 0.5) is 0 Å². The zero-order chi connectivity index (χ0) is 31.6. The SMILES string of the molecule is Cc1c[c-]c(-c2cc(C)c(C)cn2)cc1C.[Ir].[c-]1c(-c2cc(Cc3ccc4ccccc4c3)ccn2)c2cccnc2c2occc12. The number of pyridine rings is 3. The monoisotopic (exact) mass is 788 g/mol. The predicted molar refractivity (Wildman–Crippen MR) is 188 cm³/mol. The van der Waals surface area contributed by atoms with Crippen molar-refractivity contribution in [2.45, 2.75) is 34.1 Å². The fraction of sp³-hybridized carbons (Fsp3) is 0.119. The van der Waals surface area contributed by atoms with Crippen molar-refractivity contribution in [2.24, 2.45) is 0 Å². The van der Waals surface area contributed by atoms with E-state index in [1.165, 1.54) is 44.2 Å². The average molecular weight is 788 g/mol. The van der Waals surface area contributed by atoms with Gasteiger partial charge in [-0.15, -0.1) is 41.0 Å². The van der Waals surface area contributed by atoms with E-state index >= 15 is 0 Å². The van der Waals surface area contributed by atoms with E-state index < -0.39 is 0 Å². The summed E-state index contributed by atoms with van der Waals surface area (Å²) in [6.07, 6.45) is 8.12. The first-order valence-corrected chi connectivity index (χ1v) is 15.5. The molecule has 47 heavy (non-hydrogen) atoms. The summed E-state index contributed by atoms with van der Waals surface area (Å²) in [5.41, 5.74) is 13.1. The van der Waals surface area contributed by atoms with Gasteiger partial charge in [0.1, 0.15) is 0 Å². The molecule has 0 N–H and O–H groups in total. The van der Waals surface area contributed by atoms with Crippen molar-refractivity contribution in [3.05, 3.63) is 161 Å². The third kappa shape index (κ3) is 6.78. The second-order valence-electron chi connectivity index (χ2n) is 11.8. The summed E-state index contributed by atoms with van der Waals surface area (Å²) in [6.45, 7) is 8.41. The Morgan fingerprint density at radius 3 is 2.30 bits per heavy atom. The summed E-state index contributed by atoms with van der Waals surface area (Å²) in [5, 5.41) is 4.44. The number of nitrogens with zero attached hydrogens (tertiary/aromatic N) is 3. The molecule has 0 aliphatic heterocycles. The van der Waals surface area contributed by atoms with Crippen molar-refractivity contribution in [3.8, 4) is 22.5 Å². The zero-order valence-corrected chi connectivity index (χ0v) is 29.2. The standard InChI is InChI=1S/C27H17N2O.C15H16N.Ir/c1-2-5-21-15-18(7-8-20(21)4-1)14-19-9-12-28-25(16-19)24-17-22-10-13-30-27(22)26-23(24)6-3-11-29-26;1-10-5-6-14(7-11(10)2)15-8-12(3)13(4)9-16-15;/h1-13,15-16H,14H2;5,7-9H,1-4H3;/q2*-1;. The molecule has 233 valence electrons. The Kier molecular flexibility index (Phi) is 9.40. The number of hydrogen-bond donors (Lipinski definition) is 0. The second kappa shape index (κ2) is 13.8. The minimum Gasteiger partial charge on any atom is -0.506 e. The third-order valence-corrected chi connectivity index (χ3v) is 8.60. The summed E-state index contributed by atoms with van der Waals surface area (Å²) >= 11 is 0. The Balaban J connectivity index is 0.000000194. The molecule has 0 aliphatic rings. The van der Waals surface area contributed by atoms with E-state index in [0.717, 1.165) is 50.8 Å². The average Bonchev–Trinajstić information content (AvgIpc) is 3.57. The third-order valence-electron chi connectivity index (χ3n) is 8.60. The quantitative estimate of drug-likeness (QED) is 0.167. The van der Waals surface area contributed by atoms with Crippen LogP contribution < -0.4 is 0 Å². The molecule has 0 aliphatic carbocycles. The minimum absolute atomic E-state index is 0. The zero-order valence-electron chi connectivity index (χ0n) is 26.8. The molecule has 0 saturated carbocycles. The van der Waals surface area contributed by atoms with Crippen LogP contribution in [0.2, 0.25) is 0 Å². The van der Waals surface area contributed by atoms with Crippen molar-refractivity contribution in [1.82, 2.24) is 15.0 Å². The number of fused-ring (bicyclic) bond motifs is 4. The van der Waals surface area contributed by atoms with E-state index in [1.54, 1.807) is 12.5 Å². The van der Waals surface area contributed by atoms with Gasteiger partial charge in [0, 0.05) is 56.2 Å². The minimum atomic E-state index is 0. The van der Waals surface area contributed by atoms with Gasteiger partial charge in [0.15, 0.2) is 0 Å². The van der Waals surface area contributed by atoms with E-state index in [1.807, 2.05) is 36.7 Å². The molecule has 1 radical (unpaired) electrons. The van der Waals surface area contributed by atoms with Crippen LogP contribution in [0.25, 0.3) is 55.2 Å². The van der Waals surface area contributed by atoms with Crippen LogP contribution in [0.1, 0.15) is 33.4 Å². The molecule has 0 amide bonds. The molecule has 0 fully saturated rings. The Bertz CT molecular complexity index is 2310. The van der Waals surface area contributed by atoms with Crippen LogP contribution in [0.3, 0.4) is 0 Å². The number of aromatic nitrogens is 3. The molecule has 0 atom stereocenters.